The van der Waals surface area contributed by atoms with Crippen LogP contribution < -0.4 is 5.32 Å². The van der Waals surface area contributed by atoms with Gasteiger partial charge in [-0.2, -0.15) is 0 Å². The van der Waals surface area contributed by atoms with E-state index in [1.165, 1.54) is 0 Å². The zero-order valence-corrected chi connectivity index (χ0v) is 13.5. The fourth-order valence-electron chi connectivity index (χ4n) is 2.40. The molecule has 3 heterocycles. The summed E-state index contributed by atoms with van der Waals surface area (Å²) in [6.45, 7) is 3.83. The molecule has 0 aromatic carbocycles. The third-order valence-corrected chi connectivity index (χ3v) is 3.71. The molecule has 0 bridgehead atoms. The van der Waals surface area contributed by atoms with E-state index in [1.807, 2.05) is 26.0 Å². The highest BCUT2D eigenvalue weighted by molar-refractivity contribution is 5.94. The Labute approximate surface area is 140 Å². The first-order chi connectivity index (χ1) is 11.6. The summed E-state index contributed by atoms with van der Waals surface area (Å²) in [6.07, 6.45) is 8.36. The molecule has 0 spiro atoms. The van der Waals surface area contributed by atoms with E-state index in [9.17, 15) is 4.79 Å². The van der Waals surface area contributed by atoms with Gasteiger partial charge in [0.2, 0.25) is 0 Å². The largest absolute Gasteiger partial charge is 0.345 e. The van der Waals surface area contributed by atoms with Gasteiger partial charge in [0, 0.05) is 53.4 Å². The zero-order valence-electron chi connectivity index (χ0n) is 13.5. The molecular formula is C18H17N5O. The molecule has 24 heavy (non-hydrogen) atoms. The molecule has 3 rings (SSSR count). The fraction of sp³-hybridized carbons (Fsp3) is 0.167. The molecule has 0 saturated carbocycles. The minimum Gasteiger partial charge on any atom is -0.345 e. The second kappa shape index (κ2) is 6.95. The van der Waals surface area contributed by atoms with Gasteiger partial charge in [-0.25, -0.2) is 9.97 Å². The van der Waals surface area contributed by atoms with Gasteiger partial charge in [0.1, 0.15) is 0 Å². The van der Waals surface area contributed by atoms with Crippen LogP contribution in [0.15, 0.2) is 55.2 Å². The van der Waals surface area contributed by atoms with Crippen molar-refractivity contribution in [2.24, 2.45) is 0 Å². The lowest BCUT2D eigenvalue weighted by atomic mass is 10.1. The number of aromatic nitrogens is 4. The lowest BCUT2D eigenvalue weighted by Gasteiger charge is -2.16. The van der Waals surface area contributed by atoms with Crippen LogP contribution in [-0.4, -0.2) is 25.8 Å². The summed E-state index contributed by atoms with van der Waals surface area (Å²) in [5, 5.41) is 2.96. The maximum Gasteiger partial charge on any atom is 0.251 e. The molecule has 0 unspecified atom stereocenters. The Kier molecular flexibility index (Phi) is 4.56. The Morgan fingerprint density at radius 2 is 1.67 bits per heavy atom. The summed E-state index contributed by atoms with van der Waals surface area (Å²) in [5.74, 6) is 0.494. The monoisotopic (exact) mass is 319 g/mol. The number of carbonyl (C=O) groups excluding carboxylic acids is 1. The predicted octanol–water partition coefficient (Wildman–Crippen LogP) is 2.73. The van der Waals surface area contributed by atoms with Gasteiger partial charge in [0.05, 0.1) is 6.04 Å². The van der Waals surface area contributed by atoms with E-state index in [2.05, 4.69) is 25.3 Å². The van der Waals surface area contributed by atoms with Crippen molar-refractivity contribution < 1.29 is 4.79 Å². The Morgan fingerprint density at radius 1 is 1.04 bits per heavy atom. The Morgan fingerprint density at radius 3 is 2.29 bits per heavy atom. The van der Waals surface area contributed by atoms with Gasteiger partial charge in [-0.05, 0) is 38.1 Å². The van der Waals surface area contributed by atoms with E-state index < -0.39 is 0 Å². The molecule has 0 fully saturated rings. The van der Waals surface area contributed by atoms with Crippen molar-refractivity contribution in [1.29, 1.82) is 0 Å². The first-order valence-corrected chi connectivity index (χ1v) is 7.60. The van der Waals surface area contributed by atoms with Gasteiger partial charge >= 0.3 is 0 Å². The fourth-order valence-corrected chi connectivity index (χ4v) is 2.40. The van der Waals surface area contributed by atoms with E-state index in [0.717, 1.165) is 16.8 Å². The molecule has 0 aliphatic carbocycles. The van der Waals surface area contributed by atoms with Crippen LogP contribution >= 0.6 is 0 Å². The van der Waals surface area contributed by atoms with Crippen molar-refractivity contribution in [2.45, 2.75) is 19.9 Å². The number of nitrogens with zero attached hydrogens (tertiary/aromatic N) is 4. The van der Waals surface area contributed by atoms with Crippen LogP contribution in [0.1, 0.15) is 34.6 Å². The minimum atomic E-state index is -0.197. The Hall–Kier alpha value is -3.15. The normalized spacial score (nSPS) is 11.8. The third kappa shape index (κ3) is 3.43. The number of nitrogens with one attached hydrogen (secondary N) is 1. The molecule has 1 N–H and O–H groups in total. The molecule has 0 radical (unpaired) electrons. The van der Waals surface area contributed by atoms with Crippen molar-refractivity contribution in [3.8, 4) is 11.4 Å². The van der Waals surface area contributed by atoms with Gasteiger partial charge in [-0.1, -0.05) is 0 Å². The van der Waals surface area contributed by atoms with Gasteiger partial charge < -0.3 is 5.32 Å². The second-order valence-corrected chi connectivity index (χ2v) is 5.40. The van der Waals surface area contributed by atoms with E-state index >= 15 is 0 Å². The third-order valence-electron chi connectivity index (χ3n) is 3.71. The van der Waals surface area contributed by atoms with E-state index in [1.54, 1.807) is 43.1 Å². The van der Waals surface area contributed by atoms with Gasteiger partial charge in [0.15, 0.2) is 5.82 Å². The number of pyridine rings is 2. The number of hydrogen-bond acceptors (Lipinski definition) is 5. The molecule has 120 valence electrons. The van der Waals surface area contributed by atoms with Crippen LogP contribution in [0.2, 0.25) is 0 Å². The molecule has 1 atom stereocenters. The zero-order chi connectivity index (χ0) is 16.9. The lowest BCUT2D eigenvalue weighted by Crippen LogP contribution is -2.27. The van der Waals surface area contributed by atoms with E-state index in [0.29, 0.717) is 11.4 Å². The van der Waals surface area contributed by atoms with Gasteiger partial charge in [-0.15, -0.1) is 0 Å². The summed E-state index contributed by atoms with van der Waals surface area (Å²) in [7, 11) is 0. The molecule has 0 aliphatic heterocycles. The molecule has 0 aliphatic rings. The average Bonchev–Trinajstić information content (AvgIpc) is 2.63. The Balaban J connectivity index is 1.78. The van der Waals surface area contributed by atoms with E-state index in [4.69, 9.17) is 0 Å². The summed E-state index contributed by atoms with van der Waals surface area (Å²) < 4.78 is 0. The first-order valence-electron chi connectivity index (χ1n) is 7.60. The Bertz CT molecular complexity index is 837. The lowest BCUT2D eigenvalue weighted by molar-refractivity contribution is 0.0939. The summed E-state index contributed by atoms with van der Waals surface area (Å²) in [5.41, 5.74) is 3.20. The van der Waals surface area contributed by atoms with Crippen LogP contribution in [-0.2, 0) is 0 Å². The van der Waals surface area contributed by atoms with Crippen LogP contribution in [0.3, 0.4) is 0 Å². The quantitative estimate of drug-likeness (QED) is 0.799. The van der Waals surface area contributed by atoms with Crippen LogP contribution in [0.4, 0.5) is 0 Å². The molecule has 3 aromatic rings. The van der Waals surface area contributed by atoms with Gasteiger partial charge in [0.25, 0.3) is 5.91 Å². The van der Waals surface area contributed by atoms with Crippen LogP contribution in [0.25, 0.3) is 11.4 Å². The highest BCUT2D eigenvalue weighted by Crippen LogP contribution is 2.19. The van der Waals surface area contributed by atoms with Crippen molar-refractivity contribution in [2.75, 3.05) is 0 Å². The predicted molar refractivity (Wildman–Crippen MR) is 90.1 cm³/mol. The average molecular weight is 319 g/mol. The molecule has 0 saturated heterocycles. The van der Waals surface area contributed by atoms with E-state index in [-0.39, 0.29) is 11.9 Å². The second-order valence-electron chi connectivity index (χ2n) is 5.40. The molecule has 1 amide bonds. The maximum atomic E-state index is 12.2. The first kappa shape index (κ1) is 15.7. The summed E-state index contributed by atoms with van der Waals surface area (Å²) >= 11 is 0. The highest BCUT2D eigenvalue weighted by atomic mass is 16.1. The number of carbonyl (C=O) groups is 1. The summed E-state index contributed by atoms with van der Waals surface area (Å²) in [6, 6.07) is 6.89. The SMILES string of the molecule is Cc1nc(-c2ccncc2)ncc1[C@@H](C)NC(=O)c1ccncc1. The number of aryl methyl sites for hydroxylation is 1. The minimum absolute atomic E-state index is 0.150. The molecule has 3 aromatic heterocycles. The van der Waals surface area contributed by atoms with Crippen molar-refractivity contribution in [1.82, 2.24) is 25.3 Å². The molecule has 6 nitrogen and oxygen atoms in total. The molecular weight excluding hydrogens is 302 g/mol. The number of hydrogen-bond donors (Lipinski definition) is 1. The van der Waals surface area contributed by atoms with Crippen molar-refractivity contribution in [3.05, 3.63) is 72.1 Å². The number of rotatable bonds is 4. The number of amides is 1. The standard InChI is InChI=1S/C18H17N5O/c1-12-16(11-21-17(22-12)14-3-7-19-8-4-14)13(2)23-18(24)15-5-9-20-10-6-15/h3-11,13H,1-2H3,(H,23,24)/t13-/m1/s1. The summed E-state index contributed by atoms with van der Waals surface area (Å²) in [4.78, 5) is 29.1. The highest BCUT2D eigenvalue weighted by Gasteiger charge is 2.15. The van der Waals surface area contributed by atoms with Crippen molar-refractivity contribution >= 4 is 5.91 Å². The smallest absolute Gasteiger partial charge is 0.251 e. The van der Waals surface area contributed by atoms with Crippen LogP contribution in [0, 0.1) is 6.92 Å². The topological polar surface area (TPSA) is 80.7 Å². The molecule has 6 heteroatoms. The maximum absolute atomic E-state index is 12.2. The van der Waals surface area contributed by atoms with Crippen LogP contribution in [0.5, 0.6) is 0 Å². The van der Waals surface area contributed by atoms with Crippen molar-refractivity contribution in [3.63, 3.8) is 0 Å². The van der Waals surface area contributed by atoms with Gasteiger partial charge in [-0.3, -0.25) is 14.8 Å².